The molecule has 1 aromatic rings. The molecule has 3 heterocycles. The third kappa shape index (κ3) is 2.76. The fourth-order valence-corrected chi connectivity index (χ4v) is 3.24. The van der Waals surface area contributed by atoms with Gasteiger partial charge in [0.05, 0.1) is 12.1 Å². The van der Waals surface area contributed by atoms with E-state index < -0.39 is 5.97 Å². The lowest BCUT2D eigenvalue weighted by molar-refractivity contribution is 0.0519. The number of ether oxygens (including phenoxy) is 2. The summed E-state index contributed by atoms with van der Waals surface area (Å²) < 4.78 is 10.3. The fraction of sp³-hybridized carbons (Fsp3) is 0.625. The third-order valence-corrected chi connectivity index (χ3v) is 4.60. The number of aryl methyl sites for hydroxylation is 1. The van der Waals surface area contributed by atoms with Gasteiger partial charge < -0.3 is 14.4 Å². The van der Waals surface area contributed by atoms with Crippen molar-refractivity contribution < 1.29 is 19.1 Å². The lowest BCUT2D eigenvalue weighted by atomic mass is 9.93. The van der Waals surface area contributed by atoms with Gasteiger partial charge in [0.15, 0.2) is 5.69 Å². The number of cyclic esters (lactones) is 1. The van der Waals surface area contributed by atoms with Gasteiger partial charge in [0.25, 0.3) is 0 Å². The highest BCUT2D eigenvalue weighted by Gasteiger charge is 2.50. The largest absolute Gasteiger partial charge is 0.461 e. The molecule has 2 fully saturated rings. The molecule has 0 N–H and O–H groups in total. The van der Waals surface area contributed by atoms with Crippen LogP contribution in [0.5, 0.6) is 0 Å². The molecular formula is C16H22N4O4. The molecule has 1 amide bonds. The van der Waals surface area contributed by atoms with E-state index in [1.807, 2.05) is 18.7 Å². The number of piperazine rings is 1. The molecule has 0 saturated carbocycles. The van der Waals surface area contributed by atoms with Crippen molar-refractivity contribution in [2.75, 3.05) is 37.7 Å². The number of anilines is 1. The molecule has 24 heavy (non-hydrogen) atoms. The summed E-state index contributed by atoms with van der Waals surface area (Å²) in [6.45, 7) is 8.03. The molecule has 3 rings (SSSR count). The number of esters is 1. The van der Waals surface area contributed by atoms with Crippen molar-refractivity contribution in [2.45, 2.75) is 32.7 Å². The van der Waals surface area contributed by atoms with E-state index in [0.29, 0.717) is 44.5 Å². The van der Waals surface area contributed by atoms with Gasteiger partial charge >= 0.3 is 12.1 Å². The van der Waals surface area contributed by atoms with Gasteiger partial charge in [-0.15, -0.1) is 0 Å². The van der Waals surface area contributed by atoms with E-state index in [1.165, 1.54) is 0 Å². The van der Waals surface area contributed by atoms with Gasteiger partial charge in [-0.25, -0.2) is 19.6 Å². The number of rotatable bonds is 4. The molecule has 0 radical (unpaired) electrons. The average molecular weight is 334 g/mol. The molecule has 0 bridgehead atoms. The number of nitrogens with zero attached hydrogens (tertiary/aromatic N) is 4. The molecule has 1 unspecified atom stereocenters. The van der Waals surface area contributed by atoms with Crippen molar-refractivity contribution in [1.82, 2.24) is 14.9 Å². The van der Waals surface area contributed by atoms with E-state index in [4.69, 9.17) is 9.47 Å². The van der Waals surface area contributed by atoms with Crippen LogP contribution in [-0.2, 0) is 9.47 Å². The second kappa shape index (κ2) is 6.26. The van der Waals surface area contributed by atoms with Crippen molar-refractivity contribution in [3.63, 3.8) is 0 Å². The maximum absolute atomic E-state index is 12.0. The van der Waals surface area contributed by atoms with Crippen molar-refractivity contribution in [2.24, 2.45) is 0 Å². The Balaban J connectivity index is 1.87. The average Bonchev–Trinajstić information content (AvgIpc) is 2.91. The first-order chi connectivity index (χ1) is 11.5. The SMILES string of the molecule is CCOC(=O)c1cc(C)nc(N2CCN3C(=O)OCC3(CC)C2)n1. The van der Waals surface area contributed by atoms with Gasteiger partial charge in [-0.2, -0.15) is 0 Å². The summed E-state index contributed by atoms with van der Waals surface area (Å²) in [7, 11) is 0. The Morgan fingerprint density at radius 2 is 2.17 bits per heavy atom. The minimum atomic E-state index is -0.451. The van der Waals surface area contributed by atoms with Gasteiger partial charge in [-0.1, -0.05) is 6.92 Å². The second-order valence-corrected chi connectivity index (χ2v) is 6.12. The number of carbonyl (C=O) groups excluding carboxylic acids is 2. The standard InChI is InChI=1S/C16H22N4O4/c1-4-16-9-19(6-7-20(16)15(22)24-10-16)14-17-11(3)8-12(18-14)13(21)23-5-2/h8H,4-7,9-10H2,1-3H3. The number of amides is 1. The van der Waals surface area contributed by atoms with Crippen molar-refractivity contribution in [1.29, 1.82) is 0 Å². The molecular weight excluding hydrogens is 312 g/mol. The summed E-state index contributed by atoms with van der Waals surface area (Å²) in [5.74, 6) is 0.0392. The van der Waals surface area contributed by atoms with Gasteiger partial charge in [0, 0.05) is 25.3 Å². The molecule has 1 atom stereocenters. The van der Waals surface area contributed by atoms with E-state index in [-0.39, 0.29) is 17.3 Å². The highest BCUT2D eigenvalue weighted by molar-refractivity contribution is 5.87. The lowest BCUT2D eigenvalue weighted by Crippen LogP contribution is -2.61. The quantitative estimate of drug-likeness (QED) is 0.769. The van der Waals surface area contributed by atoms with Crippen LogP contribution in [0, 0.1) is 6.92 Å². The third-order valence-electron chi connectivity index (χ3n) is 4.60. The highest BCUT2D eigenvalue weighted by Crippen LogP contribution is 2.32. The van der Waals surface area contributed by atoms with Crippen LogP contribution in [0.3, 0.4) is 0 Å². The topological polar surface area (TPSA) is 84.9 Å². The summed E-state index contributed by atoms with van der Waals surface area (Å²) in [6.07, 6.45) is 0.528. The zero-order valence-electron chi connectivity index (χ0n) is 14.2. The Bertz CT molecular complexity index is 665. The number of carbonyl (C=O) groups is 2. The first-order valence-corrected chi connectivity index (χ1v) is 8.21. The molecule has 2 saturated heterocycles. The minimum Gasteiger partial charge on any atom is -0.461 e. The Kier molecular flexibility index (Phi) is 4.29. The molecule has 130 valence electrons. The first kappa shape index (κ1) is 16.5. The van der Waals surface area contributed by atoms with E-state index in [9.17, 15) is 9.59 Å². The van der Waals surface area contributed by atoms with Crippen LogP contribution < -0.4 is 4.90 Å². The van der Waals surface area contributed by atoms with Gasteiger partial charge in [-0.3, -0.25) is 4.90 Å². The van der Waals surface area contributed by atoms with Crippen LogP contribution in [0.2, 0.25) is 0 Å². The molecule has 8 nitrogen and oxygen atoms in total. The predicted octanol–water partition coefficient (Wildman–Crippen LogP) is 1.38. The summed E-state index contributed by atoms with van der Waals surface area (Å²) in [5.41, 5.74) is 0.604. The van der Waals surface area contributed by atoms with Crippen LogP contribution in [0.4, 0.5) is 10.7 Å². The maximum Gasteiger partial charge on any atom is 0.410 e. The van der Waals surface area contributed by atoms with Crippen LogP contribution in [0.15, 0.2) is 6.07 Å². The second-order valence-electron chi connectivity index (χ2n) is 6.12. The van der Waals surface area contributed by atoms with E-state index >= 15 is 0 Å². The molecule has 0 spiro atoms. The van der Waals surface area contributed by atoms with E-state index in [0.717, 1.165) is 6.42 Å². The van der Waals surface area contributed by atoms with Crippen molar-refractivity contribution in [3.8, 4) is 0 Å². The van der Waals surface area contributed by atoms with Gasteiger partial charge in [0.1, 0.15) is 6.61 Å². The predicted molar refractivity (Wildman–Crippen MR) is 86.0 cm³/mol. The molecule has 0 aliphatic carbocycles. The zero-order chi connectivity index (χ0) is 17.3. The van der Waals surface area contributed by atoms with Crippen molar-refractivity contribution >= 4 is 18.0 Å². The van der Waals surface area contributed by atoms with Gasteiger partial charge in [0.2, 0.25) is 5.95 Å². The fourth-order valence-electron chi connectivity index (χ4n) is 3.24. The summed E-state index contributed by atoms with van der Waals surface area (Å²) in [5, 5.41) is 0. The lowest BCUT2D eigenvalue weighted by Gasteiger charge is -2.44. The Morgan fingerprint density at radius 3 is 2.88 bits per heavy atom. The Morgan fingerprint density at radius 1 is 1.38 bits per heavy atom. The summed E-state index contributed by atoms with van der Waals surface area (Å²) in [4.78, 5) is 36.5. The van der Waals surface area contributed by atoms with Gasteiger partial charge in [-0.05, 0) is 26.3 Å². The van der Waals surface area contributed by atoms with Crippen molar-refractivity contribution in [3.05, 3.63) is 17.5 Å². The zero-order valence-corrected chi connectivity index (χ0v) is 14.2. The summed E-state index contributed by atoms with van der Waals surface area (Å²) >= 11 is 0. The number of fused-ring (bicyclic) bond motifs is 1. The van der Waals surface area contributed by atoms with E-state index in [1.54, 1.807) is 17.9 Å². The van der Waals surface area contributed by atoms with Crippen LogP contribution in [-0.4, -0.2) is 65.3 Å². The first-order valence-electron chi connectivity index (χ1n) is 8.21. The van der Waals surface area contributed by atoms with E-state index in [2.05, 4.69) is 9.97 Å². The molecule has 2 aliphatic heterocycles. The maximum atomic E-state index is 12.0. The summed E-state index contributed by atoms with van der Waals surface area (Å²) in [6, 6.07) is 1.62. The monoisotopic (exact) mass is 334 g/mol. The minimum absolute atomic E-state index is 0.256. The molecule has 8 heteroatoms. The normalized spacial score (nSPS) is 23.0. The van der Waals surface area contributed by atoms with Crippen LogP contribution >= 0.6 is 0 Å². The molecule has 0 aromatic carbocycles. The smallest absolute Gasteiger partial charge is 0.410 e. The Labute approximate surface area is 140 Å². The Hall–Kier alpha value is -2.38. The molecule has 2 aliphatic rings. The number of aromatic nitrogens is 2. The number of hydrogen-bond donors (Lipinski definition) is 0. The molecule has 1 aromatic heterocycles. The highest BCUT2D eigenvalue weighted by atomic mass is 16.6. The van der Waals surface area contributed by atoms with Crippen LogP contribution in [0.25, 0.3) is 0 Å². The van der Waals surface area contributed by atoms with Crippen LogP contribution in [0.1, 0.15) is 36.5 Å². The number of hydrogen-bond acceptors (Lipinski definition) is 7.